The normalized spacial score (nSPS) is 21.1. The Morgan fingerprint density at radius 1 is 1.04 bits per heavy atom. The van der Waals surface area contributed by atoms with Crippen molar-refractivity contribution in [1.29, 1.82) is 0 Å². The molecule has 0 bridgehead atoms. The van der Waals surface area contributed by atoms with Crippen LogP contribution in [0.1, 0.15) is 29.0 Å². The van der Waals surface area contributed by atoms with Gasteiger partial charge in [0.2, 0.25) is 0 Å². The van der Waals surface area contributed by atoms with Crippen LogP contribution in [0.3, 0.4) is 0 Å². The lowest BCUT2D eigenvalue weighted by molar-refractivity contribution is 0.0106. The number of piperidine rings is 1. The predicted molar refractivity (Wildman–Crippen MR) is 93.0 cm³/mol. The van der Waals surface area contributed by atoms with E-state index in [9.17, 15) is 0 Å². The standard InChI is InChI=1S/C20H25NO2/c1-15-3-7-17(8-4-15)19-11-12-21-13-20(19)23-14-16-5-9-18(22-2)10-6-16/h3-10,19-21H,11-14H2,1-2H3. The zero-order valence-corrected chi connectivity index (χ0v) is 13.9. The fourth-order valence-electron chi connectivity index (χ4n) is 3.13. The van der Waals surface area contributed by atoms with Gasteiger partial charge in [-0.2, -0.15) is 0 Å². The lowest BCUT2D eigenvalue weighted by Gasteiger charge is -2.32. The van der Waals surface area contributed by atoms with Gasteiger partial charge in [0.25, 0.3) is 0 Å². The van der Waals surface area contributed by atoms with Crippen LogP contribution in [0.5, 0.6) is 5.75 Å². The van der Waals surface area contributed by atoms with Crippen LogP contribution in [0.15, 0.2) is 48.5 Å². The van der Waals surface area contributed by atoms with Crippen LogP contribution in [-0.4, -0.2) is 26.3 Å². The first-order valence-corrected chi connectivity index (χ1v) is 8.28. The third kappa shape index (κ3) is 4.12. The first kappa shape index (κ1) is 16.0. The smallest absolute Gasteiger partial charge is 0.118 e. The molecule has 2 aromatic rings. The van der Waals surface area contributed by atoms with Gasteiger partial charge in [-0.1, -0.05) is 42.0 Å². The summed E-state index contributed by atoms with van der Waals surface area (Å²) in [6.45, 7) is 4.73. The number of methoxy groups -OCH3 is 1. The van der Waals surface area contributed by atoms with Crippen molar-refractivity contribution in [2.45, 2.75) is 32.0 Å². The fraction of sp³-hybridized carbons (Fsp3) is 0.400. The van der Waals surface area contributed by atoms with Crippen molar-refractivity contribution in [3.63, 3.8) is 0 Å². The summed E-state index contributed by atoms with van der Waals surface area (Å²) in [4.78, 5) is 0. The molecule has 1 aliphatic heterocycles. The number of ether oxygens (including phenoxy) is 2. The maximum atomic E-state index is 6.24. The summed E-state index contributed by atoms with van der Waals surface area (Å²) in [5.74, 6) is 1.35. The van der Waals surface area contributed by atoms with Crippen LogP contribution in [0.4, 0.5) is 0 Å². The van der Waals surface area contributed by atoms with Gasteiger partial charge in [-0.3, -0.25) is 0 Å². The summed E-state index contributed by atoms with van der Waals surface area (Å²) < 4.78 is 11.4. The molecule has 122 valence electrons. The number of aryl methyl sites for hydroxylation is 1. The summed E-state index contributed by atoms with van der Waals surface area (Å²) >= 11 is 0. The highest BCUT2D eigenvalue weighted by atomic mass is 16.5. The van der Waals surface area contributed by atoms with Crippen LogP contribution < -0.4 is 10.1 Å². The van der Waals surface area contributed by atoms with E-state index in [1.165, 1.54) is 16.7 Å². The van der Waals surface area contributed by atoms with E-state index in [0.29, 0.717) is 12.5 Å². The van der Waals surface area contributed by atoms with Crippen molar-refractivity contribution in [3.8, 4) is 5.75 Å². The van der Waals surface area contributed by atoms with Crippen LogP contribution in [-0.2, 0) is 11.3 Å². The second kappa shape index (κ2) is 7.62. The van der Waals surface area contributed by atoms with Crippen LogP contribution in [0.2, 0.25) is 0 Å². The van der Waals surface area contributed by atoms with Gasteiger partial charge in [0.05, 0.1) is 19.8 Å². The van der Waals surface area contributed by atoms with E-state index in [4.69, 9.17) is 9.47 Å². The lowest BCUT2D eigenvalue weighted by atomic mass is 9.87. The van der Waals surface area contributed by atoms with Crippen molar-refractivity contribution < 1.29 is 9.47 Å². The van der Waals surface area contributed by atoms with E-state index in [2.05, 4.69) is 48.6 Å². The monoisotopic (exact) mass is 311 g/mol. The quantitative estimate of drug-likeness (QED) is 0.914. The Morgan fingerprint density at radius 3 is 2.48 bits per heavy atom. The van der Waals surface area contributed by atoms with E-state index < -0.39 is 0 Å². The molecule has 1 heterocycles. The Bertz CT molecular complexity index is 607. The molecule has 0 aliphatic carbocycles. The van der Waals surface area contributed by atoms with Crippen molar-refractivity contribution in [2.75, 3.05) is 20.2 Å². The van der Waals surface area contributed by atoms with Gasteiger partial charge in [-0.15, -0.1) is 0 Å². The van der Waals surface area contributed by atoms with Crippen LogP contribution in [0, 0.1) is 6.92 Å². The molecule has 0 saturated carbocycles. The van der Waals surface area contributed by atoms with Gasteiger partial charge in [-0.25, -0.2) is 0 Å². The molecule has 3 heteroatoms. The van der Waals surface area contributed by atoms with Crippen molar-refractivity contribution in [1.82, 2.24) is 5.32 Å². The van der Waals surface area contributed by atoms with E-state index in [1.54, 1.807) is 7.11 Å². The molecule has 1 N–H and O–H groups in total. The highest BCUT2D eigenvalue weighted by Gasteiger charge is 2.27. The lowest BCUT2D eigenvalue weighted by Crippen LogP contribution is -2.40. The molecule has 1 fully saturated rings. The SMILES string of the molecule is COc1ccc(COC2CNCCC2c2ccc(C)cc2)cc1. The topological polar surface area (TPSA) is 30.5 Å². The van der Waals surface area contributed by atoms with Gasteiger partial charge < -0.3 is 14.8 Å². The van der Waals surface area contributed by atoms with Gasteiger partial charge in [0.1, 0.15) is 5.75 Å². The summed E-state index contributed by atoms with van der Waals surface area (Å²) in [6, 6.07) is 17.0. The van der Waals surface area contributed by atoms with E-state index in [-0.39, 0.29) is 6.10 Å². The zero-order valence-electron chi connectivity index (χ0n) is 13.9. The largest absolute Gasteiger partial charge is 0.497 e. The second-order valence-electron chi connectivity index (χ2n) is 6.21. The Kier molecular flexibility index (Phi) is 5.31. The van der Waals surface area contributed by atoms with Gasteiger partial charge in [0, 0.05) is 12.5 Å². The molecule has 23 heavy (non-hydrogen) atoms. The fourth-order valence-corrected chi connectivity index (χ4v) is 3.13. The summed E-state index contributed by atoms with van der Waals surface area (Å²) in [7, 11) is 1.69. The molecular formula is C20H25NO2. The minimum absolute atomic E-state index is 0.216. The third-order valence-electron chi connectivity index (χ3n) is 4.56. The Balaban J connectivity index is 1.65. The molecule has 3 rings (SSSR count). The van der Waals surface area contributed by atoms with Gasteiger partial charge in [0.15, 0.2) is 0 Å². The minimum Gasteiger partial charge on any atom is -0.497 e. The average Bonchev–Trinajstić information content (AvgIpc) is 2.61. The summed E-state index contributed by atoms with van der Waals surface area (Å²) in [5, 5.41) is 3.46. The van der Waals surface area contributed by atoms with E-state index in [1.807, 2.05) is 12.1 Å². The Morgan fingerprint density at radius 2 is 1.78 bits per heavy atom. The molecule has 2 unspecified atom stereocenters. The summed E-state index contributed by atoms with van der Waals surface area (Å²) in [5.41, 5.74) is 3.87. The third-order valence-corrected chi connectivity index (χ3v) is 4.56. The van der Waals surface area contributed by atoms with E-state index >= 15 is 0 Å². The number of hydrogen-bond donors (Lipinski definition) is 1. The Labute approximate surface area is 138 Å². The number of benzene rings is 2. The molecule has 0 spiro atoms. The molecule has 1 saturated heterocycles. The predicted octanol–water partition coefficient (Wildman–Crippen LogP) is 3.67. The Hall–Kier alpha value is -1.84. The number of rotatable bonds is 5. The average molecular weight is 311 g/mol. The van der Waals surface area contributed by atoms with Crippen molar-refractivity contribution in [2.24, 2.45) is 0 Å². The summed E-state index contributed by atoms with van der Waals surface area (Å²) in [6.07, 6.45) is 1.34. The minimum atomic E-state index is 0.216. The molecule has 2 aromatic carbocycles. The van der Waals surface area contributed by atoms with E-state index in [0.717, 1.165) is 25.3 Å². The van der Waals surface area contributed by atoms with Gasteiger partial charge in [-0.05, 0) is 43.1 Å². The highest BCUT2D eigenvalue weighted by Crippen LogP contribution is 2.28. The zero-order chi connectivity index (χ0) is 16.1. The van der Waals surface area contributed by atoms with Crippen molar-refractivity contribution >= 4 is 0 Å². The molecule has 0 radical (unpaired) electrons. The van der Waals surface area contributed by atoms with Gasteiger partial charge >= 0.3 is 0 Å². The molecule has 0 aromatic heterocycles. The van der Waals surface area contributed by atoms with Crippen molar-refractivity contribution in [3.05, 3.63) is 65.2 Å². The molecule has 1 aliphatic rings. The molecular weight excluding hydrogens is 286 g/mol. The second-order valence-corrected chi connectivity index (χ2v) is 6.21. The molecule has 3 nitrogen and oxygen atoms in total. The first-order valence-electron chi connectivity index (χ1n) is 8.28. The maximum Gasteiger partial charge on any atom is 0.118 e. The molecule has 0 amide bonds. The maximum absolute atomic E-state index is 6.24. The van der Waals surface area contributed by atoms with Crippen LogP contribution >= 0.6 is 0 Å². The highest BCUT2D eigenvalue weighted by molar-refractivity contribution is 5.27. The number of hydrogen-bond acceptors (Lipinski definition) is 3. The molecule has 2 atom stereocenters. The number of nitrogens with one attached hydrogen (secondary N) is 1. The van der Waals surface area contributed by atoms with Crippen LogP contribution in [0.25, 0.3) is 0 Å². The first-order chi connectivity index (χ1) is 11.3.